The standard InChI is InChI=1S/C23H31ClN4O2S.C13H25NO2.C10H7BrClN3S/c1-22(2,3)30-20(29)8-9-23(4)10-12-28(13-11-23)18-14-27-19(15-26-18)31-17-7-5-6-16(25)21(17)24;1-12(2,3)16-11(15)5-6-13(4)7-9-14-10-8-13;11-8-4-15-9(5-14-8)16-7-3-1-2-6(13)10(7)12/h5-7,14-15H,8-13,25H2,1-4H3;14H,5-10H2,1-4H3;1-5H,13H2. The SMILES string of the molecule is CC1(CCC(=O)OC(C)(C)C)CCN(c2cnc(Sc3cccc(N)c3Cl)cn2)CC1.CC1(CCC(=O)OC(C)(C)C)CCNCC1.Nc1cccc(Sc2cnc(Br)cn2)c1Cl. The number of anilines is 3. The number of hydrogen-bond acceptors (Lipinski definition) is 14. The van der Waals surface area contributed by atoms with Gasteiger partial charge in [0.2, 0.25) is 0 Å². The Morgan fingerprint density at radius 3 is 1.57 bits per heavy atom. The summed E-state index contributed by atoms with van der Waals surface area (Å²) >= 11 is 18.4. The number of aromatic nitrogens is 4. The fraction of sp³-hybridized carbons (Fsp3) is 0.522. The minimum atomic E-state index is -0.428. The van der Waals surface area contributed by atoms with Crippen molar-refractivity contribution in [3.63, 3.8) is 0 Å². The van der Waals surface area contributed by atoms with Gasteiger partial charge >= 0.3 is 11.9 Å². The van der Waals surface area contributed by atoms with Crippen LogP contribution in [0.15, 0.2) is 85.6 Å². The van der Waals surface area contributed by atoms with Gasteiger partial charge in [0.05, 0.1) is 46.2 Å². The maximum atomic E-state index is 12.1. The van der Waals surface area contributed by atoms with E-state index < -0.39 is 5.60 Å². The van der Waals surface area contributed by atoms with Gasteiger partial charge in [0, 0.05) is 35.7 Å². The van der Waals surface area contributed by atoms with Crippen molar-refractivity contribution in [2.75, 3.05) is 42.5 Å². The Kier molecular flexibility index (Phi) is 19.7. The lowest BCUT2D eigenvalue weighted by Crippen LogP contribution is -2.39. The highest BCUT2D eigenvalue weighted by Gasteiger charge is 2.32. The van der Waals surface area contributed by atoms with Gasteiger partial charge in [-0.05, 0) is 144 Å². The lowest BCUT2D eigenvalue weighted by atomic mass is 9.76. The average Bonchev–Trinajstić information content (AvgIpc) is 3.21. The summed E-state index contributed by atoms with van der Waals surface area (Å²) in [4.78, 5) is 45.1. The second-order valence-corrected chi connectivity index (χ2v) is 22.1. The third-order valence-corrected chi connectivity index (χ3v) is 13.9. The normalized spacial score (nSPS) is 15.8. The van der Waals surface area contributed by atoms with E-state index in [1.165, 1.54) is 23.5 Å². The van der Waals surface area contributed by atoms with Gasteiger partial charge in [0.15, 0.2) is 0 Å². The Balaban J connectivity index is 0.000000229. The molecule has 0 amide bonds. The number of esters is 2. The van der Waals surface area contributed by atoms with Gasteiger partial charge in [0.25, 0.3) is 0 Å². The van der Waals surface area contributed by atoms with Crippen molar-refractivity contribution >= 4 is 91.8 Å². The molecule has 12 nitrogen and oxygen atoms in total. The molecule has 5 N–H and O–H groups in total. The van der Waals surface area contributed by atoms with Crippen LogP contribution in [0.4, 0.5) is 17.2 Å². The molecule has 0 radical (unpaired) electrons. The van der Waals surface area contributed by atoms with Gasteiger partial charge in [0.1, 0.15) is 31.7 Å². The molecule has 2 aliphatic heterocycles. The molecule has 2 saturated heterocycles. The minimum absolute atomic E-state index is 0.0627. The molecule has 63 heavy (non-hydrogen) atoms. The first-order valence-electron chi connectivity index (χ1n) is 21.1. The molecular weight excluding hydrogens is 944 g/mol. The molecule has 0 spiro atoms. The largest absolute Gasteiger partial charge is 0.460 e. The Morgan fingerprint density at radius 1 is 0.714 bits per heavy atom. The zero-order valence-corrected chi connectivity index (χ0v) is 42.5. The van der Waals surface area contributed by atoms with Crippen LogP contribution in [-0.4, -0.2) is 69.3 Å². The van der Waals surface area contributed by atoms with Crippen molar-refractivity contribution in [3.05, 3.63) is 75.8 Å². The summed E-state index contributed by atoms with van der Waals surface area (Å²) in [6, 6.07) is 11.1. The van der Waals surface area contributed by atoms with Crippen molar-refractivity contribution in [1.82, 2.24) is 25.3 Å². The summed E-state index contributed by atoms with van der Waals surface area (Å²) in [5.41, 5.74) is 12.4. The van der Waals surface area contributed by atoms with E-state index in [1.807, 2.05) is 72.0 Å². The van der Waals surface area contributed by atoms with Gasteiger partial charge in [-0.1, -0.05) is 72.7 Å². The summed E-state index contributed by atoms with van der Waals surface area (Å²) in [5.74, 6) is 0.694. The molecule has 4 heterocycles. The predicted molar refractivity (Wildman–Crippen MR) is 262 cm³/mol. The highest BCUT2D eigenvalue weighted by atomic mass is 79.9. The van der Waals surface area contributed by atoms with Gasteiger partial charge < -0.3 is 31.2 Å². The number of nitrogen functional groups attached to an aromatic ring is 2. The molecule has 6 rings (SSSR count). The molecule has 4 aromatic rings. The zero-order valence-electron chi connectivity index (χ0n) is 37.7. The summed E-state index contributed by atoms with van der Waals surface area (Å²) < 4.78 is 11.5. The molecule has 2 fully saturated rings. The van der Waals surface area contributed by atoms with Crippen LogP contribution in [0.1, 0.15) is 107 Å². The maximum absolute atomic E-state index is 12.1. The van der Waals surface area contributed by atoms with Crippen molar-refractivity contribution in [2.45, 2.75) is 138 Å². The molecule has 0 saturated carbocycles. The average molecular weight is 1010 g/mol. The van der Waals surface area contributed by atoms with Crippen LogP contribution in [0.3, 0.4) is 0 Å². The molecule has 2 aromatic carbocycles. The van der Waals surface area contributed by atoms with Crippen molar-refractivity contribution < 1.29 is 19.1 Å². The second-order valence-electron chi connectivity index (χ2n) is 18.4. The highest BCUT2D eigenvalue weighted by molar-refractivity contribution is 9.10. The third kappa shape index (κ3) is 18.6. The number of rotatable bonds is 11. The van der Waals surface area contributed by atoms with Crippen LogP contribution < -0.4 is 21.7 Å². The topological polar surface area (TPSA) is 171 Å². The third-order valence-electron chi connectivity index (χ3n) is 10.4. The number of nitrogens with zero attached hydrogens (tertiary/aromatic N) is 5. The van der Waals surface area contributed by atoms with Crippen molar-refractivity contribution in [2.24, 2.45) is 10.8 Å². The van der Waals surface area contributed by atoms with E-state index in [1.54, 1.807) is 30.7 Å². The quantitative estimate of drug-likeness (QED) is 0.0957. The monoisotopic (exact) mass is 1000 g/mol. The summed E-state index contributed by atoms with van der Waals surface area (Å²) in [6.07, 6.45) is 14.0. The van der Waals surface area contributed by atoms with E-state index in [2.05, 4.69) is 59.9 Å². The van der Waals surface area contributed by atoms with Gasteiger partial charge in [-0.3, -0.25) is 9.59 Å². The molecule has 2 aromatic heterocycles. The molecular formula is C46H63BrCl2N8O4S2. The number of benzene rings is 2. The first kappa shape index (κ1) is 52.3. The van der Waals surface area contributed by atoms with E-state index in [-0.39, 0.29) is 23.0 Å². The predicted octanol–water partition coefficient (Wildman–Crippen LogP) is 11.7. The number of carbonyl (C=O) groups is 2. The van der Waals surface area contributed by atoms with Gasteiger partial charge in [-0.25, -0.2) is 19.9 Å². The maximum Gasteiger partial charge on any atom is 0.306 e. The minimum Gasteiger partial charge on any atom is -0.460 e. The Morgan fingerprint density at radius 2 is 1.16 bits per heavy atom. The van der Waals surface area contributed by atoms with Crippen LogP contribution in [0.5, 0.6) is 0 Å². The molecule has 0 unspecified atom stereocenters. The van der Waals surface area contributed by atoms with E-state index in [0.717, 1.165) is 90.4 Å². The van der Waals surface area contributed by atoms with E-state index in [9.17, 15) is 9.59 Å². The number of halogens is 3. The summed E-state index contributed by atoms with van der Waals surface area (Å²) in [7, 11) is 0. The number of piperidine rings is 2. The van der Waals surface area contributed by atoms with Gasteiger partial charge in [-0.15, -0.1) is 0 Å². The number of nitrogens with one attached hydrogen (secondary N) is 1. The fourth-order valence-electron chi connectivity index (χ4n) is 6.72. The first-order chi connectivity index (χ1) is 29.5. The lowest BCUT2D eigenvalue weighted by Gasteiger charge is -2.40. The molecule has 0 aliphatic carbocycles. The number of hydrogen-bond donors (Lipinski definition) is 3. The van der Waals surface area contributed by atoms with Gasteiger partial charge in [-0.2, -0.15) is 0 Å². The second kappa shape index (κ2) is 23.7. The number of carbonyl (C=O) groups excluding carboxylic acids is 2. The summed E-state index contributed by atoms with van der Waals surface area (Å²) in [5, 5.41) is 5.99. The van der Waals surface area contributed by atoms with Crippen LogP contribution in [0.25, 0.3) is 0 Å². The Hall–Kier alpha value is -3.34. The first-order valence-corrected chi connectivity index (χ1v) is 24.3. The smallest absolute Gasteiger partial charge is 0.306 e. The van der Waals surface area contributed by atoms with E-state index in [4.69, 9.17) is 44.1 Å². The van der Waals surface area contributed by atoms with Crippen molar-refractivity contribution in [1.29, 1.82) is 0 Å². The number of ether oxygens (including phenoxy) is 2. The van der Waals surface area contributed by atoms with Crippen molar-refractivity contribution in [3.8, 4) is 0 Å². The highest BCUT2D eigenvalue weighted by Crippen LogP contribution is 2.39. The molecule has 2 aliphatic rings. The fourth-order valence-corrected chi connectivity index (χ4v) is 8.98. The number of nitrogens with two attached hydrogens (primary N) is 2. The molecule has 344 valence electrons. The molecule has 17 heteroatoms. The zero-order chi connectivity index (χ0) is 46.4. The molecule has 0 bridgehead atoms. The lowest BCUT2D eigenvalue weighted by molar-refractivity contribution is -0.156. The van der Waals surface area contributed by atoms with Crippen LogP contribution in [-0.2, 0) is 19.1 Å². The van der Waals surface area contributed by atoms with Crippen LogP contribution in [0, 0.1) is 10.8 Å². The Labute approximate surface area is 400 Å². The van der Waals surface area contributed by atoms with E-state index >= 15 is 0 Å². The van der Waals surface area contributed by atoms with E-state index in [0.29, 0.717) is 44.3 Å². The van der Waals surface area contributed by atoms with Crippen LogP contribution in [0.2, 0.25) is 10.0 Å². The Bertz CT molecular complexity index is 2090. The van der Waals surface area contributed by atoms with Crippen LogP contribution >= 0.6 is 62.7 Å². The molecule has 0 atom stereocenters. The summed E-state index contributed by atoms with van der Waals surface area (Å²) in [6.45, 7) is 19.9.